The Bertz CT molecular complexity index is 873. The number of hydrogen-bond donors (Lipinski definition) is 4. The largest absolute Gasteiger partial charge is 0.339 e. The maximum atomic E-state index is 14.9. The van der Waals surface area contributed by atoms with E-state index in [2.05, 4.69) is 10.6 Å². The number of nitrogens with zero attached hydrogens (tertiary/aromatic N) is 1. The van der Waals surface area contributed by atoms with Crippen LogP contribution in [0.3, 0.4) is 0 Å². The number of nitrogens with one attached hydrogen (secondary N) is 2. The minimum atomic E-state index is -0.288. The van der Waals surface area contributed by atoms with Crippen molar-refractivity contribution in [1.82, 2.24) is 15.5 Å². The maximum Gasteiger partial charge on any atom is 0.254 e. The number of rotatable bonds is 3. The third-order valence-corrected chi connectivity index (χ3v) is 5.84. The van der Waals surface area contributed by atoms with Crippen molar-refractivity contribution >= 4 is 5.91 Å². The number of nitrogens with two attached hydrogens (primary N) is 2. The van der Waals surface area contributed by atoms with Gasteiger partial charge in [-0.2, -0.15) is 0 Å². The van der Waals surface area contributed by atoms with E-state index in [1.165, 1.54) is 6.07 Å². The molecule has 2 atom stereocenters. The molecule has 6 N–H and O–H groups in total. The Balaban J connectivity index is 1.59. The van der Waals surface area contributed by atoms with Gasteiger partial charge in [0.25, 0.3) is 5.91 Å². The molecule has 2 aromatic rings. The van der Waals surface area contributed by atoms with Crippen molar-refractivity contribution in [3.05, 3.63) is 59.4 Å². The first-order valence-electron chi connectivity index (χ1n) is 10.2. The smallest absolute Gasteiger partial charge is 0.254 e. The number of likely N-dealkylation sites (tertiary alicyclic amines) is 1. The number of hydrogen-bond acceptors (Lipinski definition) is 5. The second kappa shape index (κ2) is 8.59. The predicted octanol–water partition coefficient (Wildman–Crippen LogP) is 1.57. The Labute approximate surface area is 170 Å². The first kappa shape index (κ1) is 20.0. The first-order chi connectivity index (χ1) is 14.0. The average molecular weight is 397 g/mol. The average Bonchev–Trinajstić information content (AvgIpc) is 2.74. The molecule has 0 aliphatic carbocycles. The van der Waals surface area contributed by atoms with Gasteiger partial charge in [-0.05, 0) is 36.1 Å². The van der Waals surface area contributed by atoms with Crippen LogP contribution in [0.5, 0.6) is 0 Å². The maximum absolute atomic E-state index is 14.9. The lowest BCUT2D eigenvalue weighted by molar-refractivity contribution is 0.0715. The normalized spacial score (nSPS) is 23.2. The van der Waals surface area contributed by atoms with Crippen LogP contribution in [0.2, 0.25) is 0 Å². The van der Waals surface area contributed by atoms with Gasteiger partial charge in [0.15, 0.2) is 0 Å². The molecular formula is C22H28FN5O. The van der Waals surface area contributed by atoms with Gasteiger partial charge >= 0.3 is 0 Å². The molecule has 2 unspecified atom stereocenters. The molecule has 29 heavy (non-hydrogen) atoms. The molecule has 2 aliphatic heterocycles. The summed E-state index contributed by atoms with van der Waals surface area (Å²) in [6, 6.07) is 12.6. The lowest BCUT2D eigenvalue weighted by Gasteiger charge is -2.31. The minimum Gasteiger partial charge on any atom is -0.339 e. The van der Waals surface area contributed by atoms with E-state index in [1.807, 2.05) is 35.2 Å². The van der Waals surface area contributed by atoms with E-state index in [9.17, 15) is 9.18 Å². The fourth-order valence-electron chi connectivity index (χ4n) is 4.07. The van der Waals surface area contributed by atoms with E-state index >= 15 is 0 Å². The Kier molecular flexibility index (Phi) is 5.91. The number of halogens is 1. The molecule has 2 aliphatic rings. The number of carbonyl (C=O) groups excluding carboxylic acids is 1. The molecule has 0 bridgehead atoms. The molecule has 2 heterocycles. The van der Waals surface area contributed by atoms with Gasteiger partial charge in [-0.25, -0.2) is 4.39 Å². The minimum absolute atomic E-state index is 0.0240. The molecule has 2 fully saturated rings. The Morgan fingerprint density at radius 3 is 2.48 bits per heavy atom. The van der Waals surface area contributed by atoms with Gasteiger partial charge in [0.2, 0.25) is 0 Å². The lowest BCUT2D eigenvalue weighted by Crippen LogP contribution is -2.54. The molecule has 1 amide bonds. The van der Waals surface area contributed by atoms with E-state index in [0.29, 0.717) is 42.9 Å². The summed E-state index contributed by atoms with van der Waals surface area (Å²) >= 11 is 0. The van der Waals surface area contributed by atoms with Gasteiger partial charge in [-0.1, -0.05) is 30.3 Å². The van der Waals surface area contributed by atoms with Crippen LogP contribution in [0.1, 0.15) is 34.8 Å². The fourth-order valence-corrected chi connectivity index (χ4v) is 4.07. The van der Waals surface area contributed by atoms with Crippen LogP contribution in [0, 0.1) is 5.82 Å². The Hall–Kier alpha value is -2.32. The second-order valence-electron chi connectivity index (χ2n) is 7.89. The van der Waals surface area contributed by atoms with Crippen molar-refractivity contribution in [3.63, 3.8) is 0 Å². The van der Waals surface area contributed by atoms with Crippen LogP contribution >= 0.6 is 0 Å². The number of piperazine rings is 1. The van der Waals surface area contributed by atoms with Gasteiger partial charge in [-0.3, -0.25) is 10.1 Å². The highest BCUT2D eigenvalue weighted by molar-refractivity contribution is 6.01. The molecule has 0 spiro atoms. The number of benzene rings is 2. The summed E-state index contributed by atoms with van der Waals surface area (Å²) in [5, 5.41) is 6.42. The van der Waals surface area contributed by atoms with Crippen molar-refractivity contribution in [3.8, 4) is 11.1 Å². The van der Waals surface area contributed by atoms with Crippen LogP contribution in [-0.2, 0) is 0 Å². The first-order valence-corrected chi connectivity index (χ1v) is 10.2. The van der Waals surface area contributed by atoms with Gasteiger partial charge < -0.3 is 21.7 Å². The van der Waals surface area contributed by atoms with Crippen molar-refractivity contribution in [2.24, 2.45) is 11.5 Å². The van der Waals surface area contributed by atoms with Crippen LogP contribution in [0.4, 0.5) is 4.39 Å². The van der Waals surface area contributed by atoms with E-state index in [0.717, 1.165) is 18.4 Å². The zero-order valence-corrected chi connectivity index (χ0v) is 16.4. The van der Waals surface area contributed by atoms with E-state index in [1.54, 1.807) is 6.07 Å². The molecule has 0 radical (unpaired) electrons. The zero-order valence-electron chi connectivity index (χ0n) is 16.4. The van der Waals surface area contributed by atoms with Crippen LogP contribution in [0.25, 0.3) is 11.1 Å². The number of piperidine rings is 1. The molecule has 2 saturated heterocycles. The summed E-state index contributed by atoms with van der Waals surface area (Å²) in [5.74, 6) is -0.312. The van der Waals surface area contributed by atoms with Gasteiger partial charge in [0, 0.05) is 49.4 Å². The predicted molar refractivity (Wildman–Crippen MR) is 112 cm³/mol. The summed E-state index contributed by atoms with van der Waals surface area (Å²) in [6.07, 6.45) is 1.50. The van der Waals surface area contributed by atoms with Crippen LogP contribution < -0.4 is 22.1 Å². The standard InChI is InChI=1S/C22H28FN5O/c23-19-11-14(5-6-18(19)20-12-27-21(25)13-26-20)16-3-1-2-4-17(16)22(29)28-9-7-15(24)8-10-28/h1-6,11,15,20-21,26-27H,7-10,12-13,24-25H2. The summed E-state index contributed by atoms with van der Waals surface area (Å²) < 4.78 is 14.9. The fraction of sp³-hybridized carbons (Fsp3) is 0.409. The summed E-state index contributed by atoms with van der Waals surface area (Å²) in [4.78, 5) is 14.9. The van der Waals surface area contributed by atoms with Crippen molar-refractivity contribution in [2.75, 3.05) is 26.2 Å². The van der Waals surface area contributed by atoms with E-state index in [4.69, 9.17) is 11.5 Å². The molecule has 6 nitrogen and oxygen atoms in total. The second-order valence-corrected chi connectivity index (χ2v) is 7.89. The lowest BCUT2D eigenvalue weighted by atomic mass is 9.95. The number of carbonyl (C=O) groups is 1. The highest BCUT2D eigenvalue weighted by atomic mass is 19.1. The molecule has 7 heteroatoms. The highest BCUT2D eigenvalue weighted by Crippen LogP contribution is 2.29. The Morgan fingerprint density at radius 2 is 1.79 bits per heavy atom. The topological polar surface area (TPSA) is 96.4 Å². The van der Waals surface area contributed by atoms with Gasteiger partial charge in [0.05, 0.1) is 6.17 Å². The molecule has 154 valence electrons. The molecular weight excluding hydrogens is 369 g/mol. The van der Waals surface area contributed by atoms with Crippen LogP contribution in [0.15, 0.2) is 42.5 Å². The summed E-state index contributed by atoms with van der Waals surface area (Å²) in [7, 11) is 0. The SMILES string of the molecule is NC1CCN(C(=O)c2ccccc2-c2ccc(C3CNC(N)CN3)c(F)c2)CC1. The van der Waals surface area contributed by atoms with Crippen molar-refractivity contribution in [2.45, 2.75) is 31.1 Å². The molecule has 2 aromatic carbocycles. The third-order valence-electron chi connectivity index (χ3n) is 5.84. The Morgan fingerprint density at radius 1 is 1.03 bits per heavy atom. The van der Waals surface area contributed by atoms with E-state index in [-0.39, 0.29) is 30.0 Å². The summed E-state index contributed by atoms with van der Waals surface area (Å²) in [6.45, 7) is 2.47. The van der Waals surface area contributed by atoms with Gasteiger partial charge in [-0.15, -0.1) is 0 Å². The highest BCUT2D eigenvalue weighted by Gasteiger charge is 2.25. The zero-order chi connectivity index (χ0) is 20.4. The molecule has 0 saturated carbocycles. The van der Waals surface area contributed by atoms with E-state index < -0.39 is 0 Å². The third kappa shape index (κ3) is 4.33. The van der Waals surface area contributed by atoms with Gasteiger partial charge in [0.1, 0.15) is 5.82 Å². The monoisotopic (exact) mass is 397 g/mol. The van der Waals surface area contributed by atoms with Crippen molar-refractivity contribution in [1.29, 1.82) is 0 Å². The molecule has 0 aromatic heterocycles. The molecule has 4 rings (SSSR count). The quantitative estimate of drug-likeness (QED) is 0.631. The summed E-state index contributed by atoms with van der Waals surface area (Å²) in [5.41, 5.74) is 14.4. The van der Waals surface area contributed by atoms with Crippen LogP contribution in [-0.4, -0.2) is 49.2 Å². The van der Waals surface area contributed by atoms with Crippen molar-refractivity contribution < 1.29 is 9.18 Å². The number of amides is 1.